The third kappa shape index (κ3) is 5.07. The number of rotatable bonds is 7. The van der Waals surface area contributed by atoms with E-state index in [9.17, 15) is 14.0 Å². The van der Waals surface area contributed by atoms with E-state index in [1.165, 1.54) is 19.2 Å². The molecule has 0 aliphatic heterocycles. The summed E-state index contributed by atoms with van der Waals surface area (Å²) in [6, 6.07) is 7.63. The van der Waals surface area contributed by atoms with Gasteiger partial charge in [-0.1, -0.05) is 6.07 Å². The maximum absolute atomic E-state index is 13.5. The smallest absolute Gasteiger partial charge is 0.338 e. The monoisotopic (exact) mass is 337 g/mol. The number of hydrogen-bond acceptors (Lipinski definition) is 5. The van der Waals surface area contributed by atoms with Gasteiger partial charge in [-0.05, 0) is 36.1 Å². The fourth-order valence-corrected chi connectivity index (χ4v) is 2.55. The van der Waals surface area contributed by atoms with Crippen molar-refractivity contribution in [2.75, 3.05) is 20.3 Å². The van der Waals surface area contributed by atoms with E-state index in [0.29, 0.717) is 6.54 Å². The van der Waals surface area contributed by atoms with Crippen molar-refractivity contribution in [2.24, 2.45) is 0 Å². The van der Waals surface area contributed by atoms with Crippen molar-refractivity contribution in [2.45, 2.75) is 6.42 Å². The Hall–Kier alpha value is -2.41. The molecule has 2 rings (SSSR count). The summed E-state index contributed by atoms with van der Waals surface area (Å²) >= 11 is 1.61. The number of methoxy groups -OCH3 is 1. The van der Waals surface area contributed by atoms with Crippen LogP contribution in [0.25, 0.3) is 0 Å². The van der Waals surface area contributed by atoms with Crippen molar-refractivity contribution in [3.8, 4) is 5.75 Å². The quantitative estimate of drug-likeness (QED) is 0.788. The summed E-state index contributed by atoms with van der Waals surface area (Å²) in [7, 11) is 1.33. The highest BCUT2D eigenvalue weighted by atomic mass is 32.1. The molecule has 122 valence electrons. The highest BCUT2D eigenvalue weighted by molar-refractivity contribution is 7.09. The average molecular weight is 337 g/mol. The molecule has 0 saturated carbocycles. The second kappa shape index (κ2) is 8.28. The summed E-state index contributed by atoms with van der Waals surface area (Å²) in [5.41, 5.74) is 0.0229. The molecular formula is C16H16FNO4S. The maximum Gasteiger partial charge on any atom is 0.338 e. The average Bonchev–Trinajstić information content (AvgIpc) is 3.06. The van der Waals surface area contributed by atoms with E-state index in [1.807, 2.05) is 17.5 Å². The highest BCUT2D eigenvalue weighted by Gasteiger charge is 2.13. The molecule has 0 aliphatic carbocycles. The maximum atomic E-state index is 13.5. The predicted molar refractivity (Wildman–Crippen MR) is 84.3 cm³/mol. The zero-order chi connectivity index (χ0) is 16.7. The van der Waals surface area contributed by atoms with Crippen LogP contribution in [0.2, 0.25) is 0 Å². The molecule has 0 bridgehead atoms. The van der Waals surface area contributed by atoms with Gasteiger partial charge in [-0.3, -0.25) is 4.79 Å². The van der Waals surface area contributed by atoms with Gasteiger partial charge in [-0.2, -0.15) is 0 Å². The summed E-state index contributed by atoms with van der Waals surface area (Å²) in [4.78, 5) is 24.5. The topological polar surface area (TPSA) is 64.6 Å². The number of thiophene rings is 1. The number of halogens is 1. The summed E-state index contributed by atoms with van der Waals surface area (Å²) in [6.07, 6.45) is 0.723. The zero-order valence-corrected chi connectivity index (χ0v) is 13.3. The Kier molecular flexibility index (Phi) is 6.10. The molecule has 0 fully saturated rings. The first-order valence-corrected chi connectivity index (χ1v) is 7.78. The second-order valence-corrected chi connectivity index (χ2v) is 5.64. The van der Waals surface area contributed by atoms with E-state index in [1.54, 1.807) is 11.3 Å². The van der Waals surface area contributed by atoms with E-state index < -0.39 is 24.3 Å². The number of benzene rings is 1. The molecule has 1 N–H and O–H groups in total. The van der Waals surface area contributed by atoms with Crippen LogP contribution in [0.5, 0.6) is 5.75 Å². The second-order valence-electron chi connectivity index (χ2n) is 4.60. The fraction of sp³-hybridized carbons (Fsp3) is 0.250. The van der Waals surface area contributed by atoms with Gasteiger partial charge < -0.3 is 14.8 Å². The van der Waals surface area contributed by atoms with E-state index in [2.05, 4.69) is 5.32 Å². The van der Waals surface area contributed by atoms with Crippen LogP contribution < -0.4 is 10.1 Å². The van der Waals surface area contributed by atoms with Gasteiger partial charge in [0.25, 0.3) is 5.91 Å². The Morgan fingerprint density at radius 3 is 2.78 bits per heavy atom. The molecule has 1 aromatic heterocycles. The van der Waals surface area contributed by atoms with Crippen molar-refractivity contribution in [1.29, 1.82) is 0 Å². The summed E-state index contributed by atoms with van der Waals surface area (Å²) < 4.78 is 23.1. The van der Waals surface area contributed by atoms with Crippen molar-refractivity contribution in [3.05, 3.63) is 52.0 Å². The summed E-state index contributed by atoms with van der Waals surface area (Å²) in [5, 5.41) is 4.62. The van der Waals surface area contributed by atoms with Gasteiger partial charge in [0.2, 0.25) is 0 Å². The molecule has 0 atom stereocenters. The lowest BCUT2D eigenvalue weighted by atomic mass is 10.2. The molecule has 0 unspecified atom stereocenters. The molecule has 0 radical (unpaired) electrons. The van der Waals surface area contributed by atoms with E-state index in [4.69, 9.17) is 9.47 Å². The Labute approximate surface area is 137 Å². The molecule has 5 nitrogen and oxygen atoms in total. The van der Waals surface area contributed by atoms with Crippen molar-refractivity contribution in [1.82, 2.24) is 5.32 Å². The molecule has 1 heterocycles. The van der Waals surface area contributed by atoms with Gasteiger partial charge in [0.1, 0.15) is 0 Å². The van der Waals surface area contributed by atoms with Crippen molar-refractivity contribution in [3.63, 3.8) is 0 Å². The normalized spacial score (nSPS) is 10.2. The van der Waals surface area contributed by atoms with Crippen molar-refractivity contribution < 1.29 is 23.5 Å². The third-order valence-electron chi connectivity index (χ3n) is 3.00. The minimum Gasteiger partial charge on any atom is -0.494 e. The van der Waals surface area contributed by atoms with Gasteiger partial charge in [0, 0.05) is 11.4 Å². The number of nitrogens with one attached hydrogen (secondary N) is 1. The Morgan fingerprint density at radius 1 is 1.30 bits per heavy atom. The minimum absolute atomic E-state index is 0.0229. The number of amides is 1. The Bertz CT molecular complexity index is 673. The Morgan fingerprint density at radius 2 is 2.13 bits per heavy atom. The summed E-state index contributed by atoms with van der Waals surface area (Å²) in [5.74, 6) is -1.79. The van der Waals surface area contributed by atoms with Crippen LogP contribution in [0.4, 0.5) is 4.39 Å². The predicted octanol–water partition coefficient (Wildman–Crippen LogP) is 2.41. The first-order valence-electron chi connectivity index (χ1n) is 6.90. The molecule has 7 heteroatoms. The Balaban J connectivity index is 1.75. The van der Waals surface area contributed by atoms with Crippen LogP contribution in [0.1, 0.15) is 15.2 Å². The summed E-state index contributed by atoms with van der Waals surface area (Å²) in [6.45, 7) is 0.0605. The highest BCUT2D eigenvalue weighted by Crippen LogP contribution is 2.18. The fourth-order valence-electron chi connectivity index (χ4n) is 1.84. The number of carbonyl (C=O) groups is 2. The molecule has 0 spiro atoms. The zero-order valence-electron chi connectivity index (χ0n) is 12.5. The van der Waals surface area contributed by atoms with Crippen LogP contribution in [0, 0.1) is 5.82 Å². The number of carbonyl (C=O) groups excluding carboxylic acids is 2. The molecule has 2 aromatic rings. The van der Waals surface area contributed by atoms with Crippen LogP contribution in [0.3, 0.4) is 0 Å². The molecular weight excluding hydrogens is 321 g/mol. The van der Waals surface area contributed by atoms with Crippen LogP contribution >= 0.6 is 11.3 Å². The van der Waals surface area contributed by atoms with E-state index >= 15 is 0 Å². The van der Waals surface area contributed by atoms with Crippen LogP contribution in [-0.2, 0) is 16.0 Å². The van der Waals surface area contributed by atoms with Crippen LogP contribution in [-0.4, -0.2) is 32.1 Å². The number of hydrogen-bond donors (Lipinski definition) is 1. The molecule has 0 aliphatic rings. The largest absolute Gasteiger partial charge is 0.494 e. The standard InChI is InChI=1S/C16H16FNO4S/c1-21-14-5-4-11(9-13(14)17)16(20)22-10-15(19)18-7-6-12-3-2-8-23-12/h2-5,8-9H,6-7,10H2,1H3,(H,18,19). The van der Waals surface area contributed by atoms with Gasteiger partial charge >= 0.3 is 5.97 Å². The SMILES string of the molecule is COc1ccc(C(=O)OCC(=O)NCCc2cccs2)cc1F. The molecule has 1 aromatic carbocycles. The van der Waals surface area contributed by atoms with Gasteiger partial charge in [0.15, 0.2) is 18.2 Å². The van der Waals surface area contributed by atoms with E-state index in [0.717, 1.165) is 17.4 Å². The molecule has 23 heavy (non-hydrogen) atoms. The molecule has 0 saturated heterocycles. The molecule has 1 amide bonds. The third-order valence-corrected chi connectivity index (χ3v) is 3.93. The van der Waals surface area contributed by atoms with Crippen LogP contribution in [0.15, 0.2) is 35.7 Å². The first-order chi connectivity index (χ1) is 11.1. The van der Waals surface area contributed by atoms with Crippen molar-refractivity contribution >= 4 is 23.2 Å². The number of ether oxygens (including phenoxy) is 2. The van der Waals surface area contributed by atoms with Gasteiger partial charge in [0.05, 0.1) is 12.7 Å². The number of esters is 1. The first kappa shape index (κ1) is 17.0. The minimum atomic E-state index is -0.764. The lowest BCUT2D eigenvalue weighted by molar-refractivity contribution is -0.124. The lowest BCUT2D eigenvalue weighted by Crippen LogP contribution is -2.30. The van der Waals surface area contributed by atoms with Gasteiger partial charge in [-0.25, -0.2) is 9.18 Å². The van der Waals surface area contributed by atoms with Gasteiger partial charge in [-0.15, -0.1) is 11.3 Å². The van der Waals surface area contributed by atoms with E-state index in [-0.39, 0.29) is 11.3 Å². The lowest BCUT2D eigenvalue weighted by Gasteiger charge is -2.07.